The Hall–Kier alpha value is -6.16. The fourth-order valence-corrected chi connectivity index (χ4v) is 10.7. The molecule has 16 nitrogen and oxygen atoms in total. The first-order chi connectivity index (χ1) is 31.5. The number of imidazole rings is 2. The molecule has 9 rings (SSSR count). The lowest BCUT2D eigenvalue weighted by molar-refractivity contribution is -0.139. The molecule has 6 heterocycles. The van der Waals surface area contributed by atoms with E-state index in [0.29, 0.717) is 32.7 Å². The van der Waals surface area contributed by atoms with Crippen molar-refractivity contribution in [1.29, 1.82) is 0 Å². The van der Waals surface area contributed by atoms with Gasteiger partial charge in [-0.15, -0.1) is 0 Å². The molecule has 65 heavy (non-hydrogen) atoms. The minimum Gasteiger partial charge on any atom is -0.488 e. The molecule has 3 fully saturated rings. The third kappa shape index (κ3) is 8.25. The van der Waals surface area contributed by atoms with Crippen LogP contribution in [-0.2, 0) is 30.4 Å². The number of hydrogen-bond donors (Lipinski definition) is 4. The largest absolute Gasteiger partial charge is 0.488 e. The molecule has 4 amide bonds. The van der Waals surface area contributed by atoms with Gasteiger partial charge in [0.1, 0.15) is 36.1 Å². The predicted octanol–water partition coefficient (Wildman–Crippen LogP) is 8.08. The van der Waals surface area contributed by atoms with Gasteiger partial charge in [0.2, 0.25) is 11.8 Å². The van der Waals surface area contributed by atoms with Gasteiger partial charge < -0.3 is 49.3 Å². The molecular formula is C49H60N8O8. The number of alkyl carbamates (subject to hydrolysis) is 2. The maximum atomic E-state index is 14.5. The number of methoxy groups -OCH3 is 2. The second kappa shape index (κ2) is 18.4. The average molecular weight is 889 g/mol. The van der Waals surface area contributed by atoms with E-state index >= 15 is 0 Å². The first kappa shape index (κ1) is 44.1. The maximum Gasteiger partial charge on any atom is 0.407 e. The molecule has 16 heteroatoms. The monoisotopic (exact) mass is 888 g/mol. The Morgan fingerprint density at radius 3 is 2.18 bits per heavy atom. The number of amides is 4. The lowest BCUT2D eigenvalue weighted by Gasteiger charge is -2.36. The van der Waals surface area contributed by atoms with Crippen molar-refractivity contribution in [3.63, 3.8) is 0 Å². The predicted molar refractivity (Wildman–Crippen MR) is 244 cm³/mol. The summed E-state index contributed by atoms with van der Waals surface area (Å²) in [7, 11) is 2.62. The summed E-state index contributed by atoms with van der Waals surface area (Å²) in [6.07, 6.45) is 6.73. The van der Waals surface area contributed by atoms with E-state index in [1.54, 1.807) is 0 Å². The number of likely N-dealkylation sites (tertiary alicyclic amines) is 2. The highest BCUT2D eigenvalue weighted by Crippen LogP contribution is 2.45. The lowest BCUT2D eigenvalue weighted by Crippen LogP contribution is -2.54. The van der Waals surface area contributed by atoms with Crippen molar-refractivity contribution >= 4 is 45.8 Å². The van der Waals surface area contributed by atoms with E-state index < -0.39 is 24.3 Å². The highest BCUT2D eigenvalue weighted by Gasteiger charge is 2.45. The molecule has 3 saturated heterocycles. The van der Waals surface area contributed by atoms with Crippen LogP contribution in [0, 0.1) is 11.8 Å². The molecule has 0 bridgehead atoms. The summed E-state index contributed by atoms with van der Waals surface area (Å²) in [5.74, 6) is 1.79. The number of benzene rings is 3. The number of rotatable bonds is 11. The van der Waals surface area contributed by atoms with Gasteiger partial charge in [-0.2, -0.15) is 0 Å². The minimum atomic E-state index is -0.721. The molecule has 4 N–H and O–H groups in total. The van der Waals surface area contributed by atoms with Crippen molar-refractivity contribution in [2.75, 3.05) is 27.4 Å². The van der Waals surface area contributed by atoms with Gasteiger partial charge >= 0.3 is 12.2 Å². The fraction of sp³-hybridized carbons (Fsp3) is 0.510. The van der Waals surface area contributed by atoms with Gasteiger partial charge in [0, 0.05) is 36.2 Å². The standard InChI is InChI=1S/C49H60N8O8/c1-7-31-11-15-38(56(31)46(58)41(26(3)4)54-48(60)62-5)44-50-24-37(52-44)29-9-13-33-30(21-29)25-65-40-23-34-28(22-35(33)40)10-14-36-43(34)53-45(51-36)39-16-12-32(8-2)57(39)47(59)42(55-49(61)63-6)27-17-19-64-20-18-27/h9-10,13-14,21-24,26-27,31-32,38-39,41-42H,7-8,11-12,15-20,25H2,1-6H3,(H,50,52)(H,51,53)(H,54,60)(H,55,61)/t31-,32-,38-,39-,41-,42-/m0/s1. The summed E-state index contributed by atoms with van der Waals surface area (Å²) < 4.78 is 21.9. The Labute approximate surface area is 378 Å². The summed E-state index contributed by atoms with van der Waals surface area (Å²) >= 11 is 0. The van der Waals surface area contributed by atoms with E-state index in [9.17, 15) is 19.2 Å². The molecule has 6 atom stereocenters. The highest BCUT2D eigenvalue weighted by atomic mass is 16.5. The Morgan fingerprint density at radius 2 is 1.49 bits per heavy atom. The van der Waals surface area contributed by atoms with Gasteiger partial charge in [0.05, 0.1) is 49.2 Å². The summed E-state index contributed by atoms with van der Waals surface area (Å²) in [5.41, 5.74) is 6.61. The Balaban J connectivity index is 0.973. The number of nitrogens with zero attached hydrogens (tertiary/aromatic N) is 4. The number of carbonyl (C=O) groups excluding carboxylic acids is 4. The number of aromatic amines is 2. The van der Waals surface area contributed by atoms with Crippen LogP contribution in [0.25, 0.3) is 44.2 Å². The lowest BCUT2D eigenvalue weighted by atomic mass is 9.90. The van der Waals surface area contributed by atoms with Crippen molar-refractivity contribution in [3.8, 4) is 28.1 Å². The molecule has 0 aliphatic carbocycles. The molecule has 3 aromatic carbocycles. The SMILES string of the molecule is CC[C@H]1CC[C@@H](c2ncc(-c3ccc4c(c3)COc3cc5c(ccc6[nH]c([C@@H]7CC[C@H](CC)N7C(=O)[C@@H](NC(=O)OC)C7CCOCC7)nc65)cc3-4)[nH]2)N1C(=O)[C@@H](NC(=O)OC)C(C)C. The van der Waals surface area contributed by atoms with E-state index in [1.165, 1.54) is 14.2 Å². The summed E-state index contributed by atoms with van der Waals surface area (Å²) in [6, 6.07) is 12.8. The smallest absolute Gasteiger partial charge is 0.407 e. The molecule has 0 saturated carbocycles. The normalized spacial score (nSPS) is 21.8. The van der Waals surface area contributed by atoms with Crippen LogP contribution < -0.4 is 15.4 Å². The van der Waals surface area contributed by atoms with Crippen molar-refractivity contribution in [3.05, 3.63) is 65.9 Å². The quantitative estimate of drug-likeness (QED) is 0.101. The zero-order valence-electron chi connectivity index (χ0n) is 38.1. The van der Waals surface area contributed by atoms with Gasteiger partial charge in [-0.25, -0.2) is 19.6 Å². The van der Waals surface area contributed by atoms with E-state index in [-0.39, 0.29) is 47.8 Å². The Morgan fingerprint density at radius 1 is 0.800 bits per heavy atom. The second-order valence-corrected chi connectivity index (χ2v) is 18.2. The zero-order chi connectivity index (χ0) is 45.5. The van der Waals surface area contributed by atoms with E-state index in [0.717, 1.165) is 106 Å². The number of ether oxygens (including phenoxy) is 4. The van der Waals surface area contributed by atoms with Crippen LogP contribution in [0.2, 0.25) is 0 Å². The van der Waals surface area contributed by atoms with E-state index in [4.69, 9.17) is 28.9 Å². The van der Waals surface area contributed by atoms with Crippen molar-refractivity contribution < 1.29 is 38.1 Å². The number of fused-ring (bicyclic) bond motifs is 6. The van der Waals surface area contributed by atoms with Crippen LogP contribution in [0.1, 0.15) is 108 Å². The molecule has 2 aromatic heterocycles. The van der Waals surface area contributed by atoms with Gasteiger partial charge in [0.15, 0.2) is 0 Å². The Kier molecular flexibility index (Phi) is 12.5. The topological polar surface area (TPSA) is 193 Å². The Bertz CT molecular complexity index is 2600. The fourth-order valence-electron chi connectivity index (χ4n) is 10.7. The van der Waals surface area contributed by atoms with Crippen molar-refractivity contribution in [2.45, 2.75) is 122 Å². The minimum absolute atomic E-state index is 0.0123. The van der Waals surface area contributed by atoms with E-state index in [1.807, 2.05) is 35.9 Å². The van der Waals surface area contributed by atoms with Crippen LogP contribution in [0.3, 0.4) is 0 Å². The van der Waals surface area contributed by atoms with Crippen molar-refractivity contribution in [1.82, 2.24) is 40.4 Å². The first-order valence-corrected chi connectivity index (χ1v) is 23.2. The number of hydrogen-bond acceptors (Lipinski definition) is 10. The summed E-state index contributed by atoms with van der Waals surface area (Å²) in [6.45, 7) is 9.49. The van der Waals surface area contributed by atoms with Gasteiger partial charge in [-0.1, -0.05) is 45.9 Å². The third-order valence-corrected chi connectivity index (χ3v) is 14.2. The number of H-pyrrole nitrogens is 2. The van der Waals surface area contributed by atoms with E-state index in [2.05, 4.69) is 70.8 Å². The molecule has 0 spiro atoms. The van der Waals surface area contributed by atoms with Crippen molar-refractivity contribution in [2.24, 2.45) is 11.8 Å². The zero-order valence-corrected chi connectivity index (χ0v) is 38.1. The molecule has 0 radical (unpaired) electrons. The number of carbonyl (C=O) groups is 4. The second-order valence-electron chi connectivity index (χ2n) is 18.2. The molecule has 5 aromatic rings. The number of nitrogens with one attached hydrogen (secondary N) is 4. The molecule has 0 unspecified atom stereocenters. The van der Waals surface area contributed by atoms with Gasteiger partial charge in [-0.05, 0) is 110 Å². The number of aromatic nitrogens is 4. The van der Waals surface area contributed by atoms with Crippen LogP contribution in [-0.4, -0.2) is 105 Å². The van der Waals surface area contributed by atoms with Crippen LogP contribution >= 0.6 is 0 Å². The molecule has 4 aliphatic heterocycles. The highest BCUT2D eigenvalue weighted by molar-refractivity contribution is 6.07. The molecule has 344 valence electrons. The third-order valence-electron chi connectivity index (χ3n) is 14.2. The maximum absolute atomic E-state index is 14.5. The average Bonchev–Trinajstić information content (AvgIpc) is 4.16. The first-order valence-electron chi connectivity index (χ1n) is 23.2. The van der Waals surface area contributed by atoms with Crippen LogP contribution in [0.15, 0.2) is 48.7 Å². The molecular weight excluding hydrogens is 829 g/mol. The summed E-state index contributed by atoms with van der Waals surface area (Å²) in [5, 5.41) is 7.60. The van der Waals surface area contributed by atoms with Crippen LogP contribution in [0.4, 0.5) is 9.59 Å². The van der Waals surface area contributed by atoms with Crippen LogP contribution in [0.5, 0.6) is 5.75 Å². The van der Waals surface area contributed by atoms with Gasteiger partial charge in [-0.3, -0.25) is 9.59 Å². The molecule has 4 aliphatic rings. The van der Waals surface area contributed by atoms with Gasteiger partial charge in [0.25, 0.3) is 0 Å². The summed E-state index contributed by atoms with van der Waals surface area (Å²) in [4.78, 5) is 74.3.